The lowest BCUT2D eigenvalue weighted by Crippen LogP contribution is -2.16. The third-order valence-electron chi connectivity index (χ3n) is 5.40. The first-order chi connectivity index (χ1) is 18.3. The van der Waals surface area contributed by atoms with Gasteiger partial charge in [-0.2, -0.15) is 0 Å². The number of ether oxygens (including phenoxy) is 4. The molecule has 0 radical (unpaired) electrons. The van der Waals surface area contributed by atoms with E-state index < -0.39 is 23.9 Å². The van der Waals surface area contributed by atoms with Crippen LogP contribution in [-0.4, -0.2) is 29.0 Å². The van der Waals surface area contributed by atoms with Crippen molar-refractivity contribution < 1.29 is 43.2 Å². The van der Waals surface area contributed by atoms with Gasteiger partial charge in [0.05, 0.1) is 5.56 Å². The molecule has 2 rings (SSSR count). The third kappa shape index (κ3) is 10.2. The summed E-state index contributed by atoms with van der Waals surface area (Å²) in [7, 11) is 0. The molecule has 38 heavy (non-hydrogen) atoms. The van der Waals surface area contributed by atoms with Gasteiger partial charge in [-0.3, -0.25) is 14.4 Å². The van der Waals surface area contributed by atoms with Crippen molar-refractivity contribution in [3.05, 3.63) is 47.5 Å². The number of hydrogen-bond donors (Lipinski definition) is 1. The van der Waals surface area contributed by atoms with Crippen molar-refractivity contribution in [2.45, 2.75) is 85.2 Å². The molecule has 0 fully saturated rings. The van der Waals surface area contributed by atoms with Crippen LogP contribution in [-0.2, 0) is 25.7 Å². The number of esters is 4. The topological polar surface area (TPSA) is 125 Å². The highest BCUT2D eigenvalue weighted by atomic mass is 16.6. The monoisotopic (exact) mass is 528 g/mol. The summed E-state index contributed by atoms with van der Waals surface area (Å²) < 4.78 is 21.8. The maximum absolute atomic E-state index is 12.9. The zero-order valence-corrected chi connectivity index (χ0v) is 22.2. The molecule has 9 nitrogen and oxygen atoms in total. The average Bonchev–Trinajstić information content (AvgIpc) is 2.89. The highest BCUT2D eigenvalue weighted by Gasteiger charge is 2.25. The van der Waals surface area contributed by atoms with Gasteiger partial charge in [0.1, 0.15) is 12.4 Å². The Hall–Kier alpha value is -3.88. The molecule has 1 N–H and O–H groups in total. The van der Waals surface area contributed by atoms with Crippen LogP contribution in [0.4, 0.5) is 0 Å². The molecular weight excluding hydrogens is 492 g/mol. The van der Waals surface area contributed by atoms with Crippen molar-refractivity contribution >= 4 is 23.9 Å². The number of aromatic hydroxyl groups is 1. The van der Waals surface area contributed by atoms with Crippen LogP contribution in [0.25, 0.3) is 0 Å². The van der Waals surface area contributed by atoms with Gasteiger partial charge in [-0.15, -0.1) is 0 Å². The van der Waals surface area contributed by atoms with Gasteiger partial charge in [0.25, 0.3) is 0 Å². The van der Waals surface area contributed by atoms with Crippen LogP contribution in [0.15, 0.2) is 36.4 Å². The summed E-state index contributed by atoms with van der Waals surface area (Å²) in [5.74, 6) is -3.24. The fourth-order valence-corrected chi connectivity index (χ4v) is 3.30. The van der Waals surface area contributed by atoms with Crippen molar-refractivity contribution in [3.63, 3.8) is 0 Å². The molecule has 0 amide bonds. The maximum atomic E-state index is 12.9. The van der Waals surface area contributed by atoms with Crippen LogP contribution < -0.4 is 14.2 Å². The summed E-state index contributed by atoms with van der Waals surface area (Å²) in [5, 5.41) is 9.64. The van der Waals surface area contributed by atoms with Crippen LogP contribution in [0.3, 0.4) is 0 Å². The van der Waals surface area contributed by atoms with E-state index in [-0.39, 0.29) is 54.4 Å². The van der Waals surface area contributed by atoms with Gasteiger partial charge in [-0.25, -0.2) is 4.79 Å². The second-order valence-corrected chi connectivity index (χ2v) is 8.78. The van der Waals surface area contributed by atoms with E-state index in [1.54, 1.807) is 12.1 Å². The SMILES string of the molecule is CCCCC(=O)Oc1cc(C(=O)OCc2cccc(O)c2)cc(OC(=O)CCCC)c1OC(=O)CCCC. The summed E-state index contributed by atoms with van der Waals surface area (Å²) in [5.41, 5.74) is 0.479. The lowest BCUT2D eigenvalue weighted by molar-refractivity contribution is -0.138. The number of phenolic OH excluding ortho intramolecular Hbond substituents is 1. The van der Waals surface area contributed by atoms with Gasteiger partial charge < -0.3 is 24.1 Å². The number of benzene rings is 2. The Kier molecular flexibility index (Phi) is 12.8. The van der Waals surface area contributed by atoms with Gasteiger partial charge in [0, 0.05) is 19.3 Å². The Morgan fingerprint density at radius 3 is 1.68 bits per heavy atom. The number of phenols is 1. The second kappa shape index (κ2) is 16.1. The number of carbonyl (C=O) groups excluding carboxylic acids is 4. The Morgan fingerprint density at radius 1 is 0.711 bits per heavy atom. The molecule has 0 spiro atoms. The first-order valence-electron chi connectivity index (χ1n) is 13.0. The Labute approximate surface area is 223 Å². The molecular formula is C29H36O9. The van der Waals surface area contributed by atoms with E-state index in [1.807, 2.05) is 20.8 Å². The van der Waals surface area contributed by atoms with Crippen LogP contribution in [0.5, 0.6) is 23.0 Å². The molecule has 0 aliphatic carbocycles. The van der Waals surface area contributed by atoms with E-state index in [0.717, 1.165) is 19.3 Å². The largest absolute Gasteiger partial charge is 0.508 e. The quantitative estimate of drug-likeness (QED) is 0.218. The number of rotatable bonds is 15. The highest BCUT2D eigenvalue weighted by Crippen LogP contribution is 2.40. The predicted molar refractivity (Wildman–Crippen MR) is 139 cm³/mol. The molecule has 2 aromatic carbocycles. The van der Waals surface area contributed by atoms with Crippen molar-refractivity contribution in [2.75, 3.05) is 0 Å². The molecule has 206 valence electrons. The fraction of sp³-hybridized carbons (Fsp3) is 0.448. The first kappa shape index (κ1) is 30.3. The second-order valence-electron chi connectivity index (χ2n) is 8.78. The Morgan fingerprint density at radius 2 is 1.21 bits per heavy atom. The van der Waals surface area contributed by atoms with Crippen molar-refractivity contribution in [1.82, 2.24) is 0 Å². The van der Waals surface area contributed by atoms with Gasteiger partial charge >= 0.3 is 23.9 Å². The van der Waals surface area contributed by atoms with Crippen LogP contribution in [0, 0.1) is 0 Å². The smallest absolute Gasteiger partial charge is 0.338 e. The minimum Gasteiger partial charge on any atom is -0.508 e. The number of unbranched alkanes of at least 4 members (excludes halogenated alkanes) is 3. The predicted octanol–water partition coefficient (Wildman–Crippen LogP) is 6.04. The molecule has 0 saturated carbocycles. The van der Waals surface area contributed by atoms with Gasteiger partial charge in [-0.1, -0.05) is 52.2 Å². The van der Waals surface area contributed by atoms with E-state index in [4.69, 9.17) is 18.9 Å². The van der Waals surface area contributed by atoms with Crippen molar-refractivity contribution in [1.29, 1.82) is 0 Å². The fourth-order valence-electron chi connectivity index (χ4n) is 3.30. The van der Waals surface area contributed by atoms with Crippen molar-refractivity contribution in [2.24, 2.45) is 0 Å². The molecule has 0 aromatic heterocycles. The average molecular weight is 529 g/mol. The number of hydrogen-bond acceptors (Lipinski definition) is 9. The molecule has 0 aliphatic heterocycles. The zero-order valence-electron chi connectivity index (χ0n) is 22.2. The zero-order chi connectivity index (χ0) is 27.9. The van der Waals surface area contributed by atoms with E-state index in [1.165, 1.54) is 24.3 Å². The summed E-state index contributed by atoms with van der Waals surface area (Å²) >= 11 is 0. The molecule has 2 aromatic rings. The van der Waals surface area contributed by atoms with E-state index >= 15 is 0 Å². The molecule has 0 atom stereocenters. The van der Waals surface area contributed by atoms with Gasteiger partial charge in [0.15, 0.2) is 11.5 Å². The number of carbonyl (C=O) groups is 4. The summed E-state index contributed by atoms with van der Waals surface area (Å²) in [6.07, 6.45) is 4.34. The molecule has 0 unspecified atom stereocenters. The third-order valence-corrected chi connectivity index (χ3v) is 5.40. The lowest BCUT2D eigenvalue weighted by atomic mass is 10.1. The van der Waals surface area contributed by atoms with E-state index in [0.29, 0.717) is 24.8 Å². The summed E-state index contributed by atoms with van der Waals surface area (Å²) in [4.78, 5) is 50.3. The minimum absolute atomic E-state index is 0.0235. The van der Waals surface area contributed by atoms with Gasteiger partial charge in [0.2, 0.25) is 5.75 Å². The Bertz CT molecular complexity index is 1060. The summed E-state index contributed by atoms with van der Waals surface area (Å²) in [6.45, 7) is 5.63. The van der Waals surface area contributed by atoms with Crippen LogP contribution >= 0.6 is 0 Å². The Balaban J connectivity index is 2.44. The highest BCUT2D eigenvalue weighted by molar-refractivity contribution is 5.92. The van der Waals surface area contributed by atoms with E-state index in [2.05, 4.69) is 0 Å². The van der Waals surface area contributed by atoms with E-state index in [9.17, 15) is 24.3 Å². The van der Waals surface area contributed by atoms with Crippen molar-refractivity contribution in [3.8, 4) is 23.0 Å². The molecule has 0 heterocycles. The standard InChI is InChI=1S/C29H36O9/c1-4-7-13-25(31)36-23-17-21(29(34)35-19-20-11-10-12-22(30)16-20)18-24(37-26(32)14-8-5-2)28(23)38-27(33)15-9-6-3/h10-12,16-18,30H,4-9,13-15,19H2,1-3H3. The minimum atomic E-state index is -0.797. The first-order valence-corrected chi connectivity index (χ1v) is 13.0. The van der Waals surface area contributed by atoms with Gasteiger partial charge in [-0.05, 0) is 49.1 Å². The summed E-state index contributed by atoms with van der Waals surface area (Å²) in [6, 6.07) is 8.68. The lowest BCUT2D eigenvalue weighted by Gasteiger charge is -2.16. The maximum Gasteiger partial charge on any atom is 0.338 e. The molecule has 0 aliphatic rings. The molecule has 9 heteroatoms. The molecule has 0 bridgehead atoms. The molecule has 0 saturated heterocycles. The normalized spacial score (nSPS) is 10.5. The van der Waals surface area contributed by atoms with Crippen LogP contribution in [0.2, 0.25) is 0 Å². The van der Waals surface area contributed by atoms with Crippen LogP contribution in [0.1, 0.15) is 94.5 Å².